The molecule has 6 heteroatoms. The molecule has 0 aromatic heterocycles. The Morgan fingerprint density at radius 1 is 1.31 bits per heavy atom. The number of nitrogens with zero attached hydrogens (tertiary/aromatic N) is 1. The van der Waals surface area contributed by atoms with E-state index in [-0.39, 0.29) is 18.1 Å². The van der Waals surface area contributed by atoms with Crippen molar-refractivity contribution in [2.45, 2.75) is 12.2 Å². The Balaban J connectivity index is 2.35. The van der Waals surface area contributed by atoms with E-state index >= 15 is 0 Å². The maximum atomic E-state index is 12.7. The van der Waals surface area contributed by atoms with Gasteiger partial charge in [0.2, 0.25) is 0 Å². The first kappa shape index (κ1) is 10.8. The fourth-order valence-electron chi connectivity index (χ4n) is 1.69. The monoisotopic (exact) mass is 229 g/mol. The van der Waals surface area contributed by atoms with Gasteiger partial charge in [-0.25, -0.2) is 0 Å². The largest absolute Gasteiger partial charge is 0.416 e. The van der Waals surface area contributed by atoms with E-state index in [2.05, 4.69) is 10.3 Å². The molecule has 3 nitrogen and oxygen atoms in total. The molecule has 2 rings (SSSR count). The summed E-state index contributed by atoms with van der Waals surface area (Å²) in [6.45, 7) is 0.235. The molecule has 0 saturated carbocycles. The number of nitrogens with two attached hydrogens (primary N) is 1. The van der Waals surface area contributed by atoms with E-state index < -0.39 is 17.8 Å². The number of rotatable bonds is 1. The van der Waals surface area contributed by atoms with Gasteiger partial charge in [-0.3, -0.25) is 4.99 Å². The molecule has 1 aliphatic rings. The van der Waals surface area contributed by atoms with Gasteiger partial charge in [-0.2, -0.15) is 13.2 Å². The number of benzene rings is 1. The van der Waals surface area contributed by atoms with Gasteiger partial charge in [0.15, 0.2) is 5.96 Å². The molecule has 0 bridgehead atoms. The van der Waals surface area contributed by atoms with Crippen LogP contribution in [0.1, 0.15) is 17.2 Å². The Kier molecular flexibility index (Phi) is 2.49. The number of nitrogens with one attached hydrogen (secondary N) is 1. The smallest absolute Gasteiger partial charge is 0.370 e. The zero-order valence-corrected chi connectivity index (χ0v) is 8.25. The summed E-state index contributed by atoms with van der Waals surface area (Å²) in [5.41, 5.74) is 4.92. The van der Waals surface area contributed by atoms with Crippen molar-refractivity contribution >= 4 is 5.96 Å². The first-order valence-electron chi connectivity index (χ1n) is 4.71. The SMILES string of the molecule is NC1=NCC(c2ccccc2C(F)(F)F)N1. The van der Waals surface area contributed by atoms with Gasteiger partial charge in [0.1, 0.15) is 0 Å². The average molecular weight is 229 g/mol. The fraction of sp³-hybridized carbons (Fsp3) is 0.300. The Morgan fingerprint density at radius 2 is 2.00 bits per heavy atom. The van der Waals surface area contributed by atoms with Gasteiger partial charge in [0.25, 0.3) is 0 Å². The van der Waals surface area contributed by atoms with Crippen molar-refractivity contribution in [3.63, 3.8) is 0 Å². The molecule has 0 amide bonds. The maximum Gasteiger partial charge on any atom is 0.416 e. The molecule has 1 heterocycles. The Morgan fingerprint density at radius 3 is 2.56 bits per heavy atom. The molecule has 1 unspecified atom stereocenters. The second kappa shape index (κ2) is 3.70. The lowest BCUT2D eigenvalue weighted by Gasteiger charge is -2.17. The minimum absolute atomic E-state index is 0.180. The van der Waals surface area contributed by atoms with Crippen LogP contribution >= 0.6 is 0 Å². The highest BCUT2D eigenvalue weighted by Crippen LogP contribution is 2.35. The molecule has 1 aromatic carbocycles. The number of halogens is 3. The summed E-state index contributed by atoms with van der Waals surface area (Å²) < 4.78 is 38.1. The van der Waals surface area contributed by atoms with Crippen LogP contribution in [0.2, 0.25) is 0 Å². The van der Waals surface area contributed by atoms with E-state index in [1.165, 1.54) is 12.1 Å². The molecular formula is C10H10F3N3. The van der Waals surface area contributed by atoms with Crippen LogP contribution in [0.5, 0.6) is 0 Å². The van der Waals surface area contributed by atoms with E-state index in [0.29, 0.717) is 0 Å². The first-order chi connectivity index (χ1) is 7.48. The van der Waals surface area contributed by atoms with Gasteiger partial charge < -0.3 is 11.1 Å². The predicted octanol–water partition coefficient (Wildman–Crippen LogP) is 1.66. The summed E-state index contributed by atoms with van der Waals surface area (Å²) in [4.78, 5) is 3.83. The molecule has 1 aliphatic heterocycles. The predicted molar refractivity (Wildman–Crippen MR) is 53.8 cm³/mol. The average Bonchev–Trinajstić information content (AvgIpc) is 2.64. The third kappa shape index (κ3) is 1.95. The van der Waals surface area contributed by atoms with Crippen molar-refractivity contribution in [3.8, 4) is 0 Å². The molecule has 0 saturated heterocycles. The fourth-order valence-corrected chi connectivity index (χ4v) is 1.69. The number of aliphatic imine (C=N–C) groups is 1. The van der Waals surface area contributed by atoms with Crippen molar-refractivity contribution in [1.82, 2.24) is 5.32 Å². The third-order valence-corrected chi connectivity index (χ3v) is 2.41. The molecule has 0 fully saturated rings. The molecule has 0 radical (unpaired) electrons. The lowest BCUT2D eigenvalue weighted by atomic mass is 10.0. The quantitative estimate of drug-likeness (QED) is 0.769. The maximum absolute atomic E-state index is 12.7. The summed E-state index contributed by atoms with van der Waals surface area (Å²) in [6, 6.07) is 4.95. The second-order valence-corrected chi connectivity index (χ2v) is 3.51. The Hall–Kier alpha value is -1.72. The van der Waals surface area contributed by atoms with E-state index in [9.17, 15) is 13.2 Å². The standard InChI is InChI=1S/C10H10F3N3/c11-10(12,13)7-4-2-1-3-6(7)8-5-15-9(14)16-8/h1-4,8H,5H2,(H3,14,15,16). The zero-order valence-electron chi connectivity index (χ0n) is 8.25. The highest BCUT2D eigenvalue weighted by Gasteiger charge is 2.35. The molecule has 1 aromatic rings. The zero-order chi connectivity index (χ0) is 11.8. The Labute approximate surface area is 90.2 Å². The van der Waals surface area contributed by atoms with Gasteiger partial charge in [0.05, 0.1) is 18.2 Å². The van der Waals surface area contributed by atoms with Gasteiger partial charge in [-0.05, 0) is 11.6 Å². The lowest BCUT2D eigenvalue weighted by Crippen LogP contribution is -2.30. The van der Waals surface area contributed by atoms with Crippen LogP contribution in [0, 0.1) is 0 Å². The molecular weight excluding hydrogens is 219 g/mol. The molecule has 16 heavy (non-hydrogen) atoms. The van der Waals surface area contributed by atoms with Crippen molar-refractivity contribution < 1.29 is 13.2 Å². The number of hydrogen-bond acceptors (Lipinski definition) is 3. The first-order valence-corrected chi connectivity index (χ1v) is 4.71. The van der Waals surface area contributed by atoms with Crippen molar-refractivity contribution in [2.24, 2.45) is 10.7 Å². The van der Waals surface area contributed by atoms with Crippen molar-refractivity contribution in [1.29, 1.82) is 0 Å². The van der Waals surface area contributed by atoms with Crippen LogP contribution in [-0.4, -0.2) is 12.5 Å². The second-order valence-electron chi connectivity index (χ2n) is 3.51. The van der Waals surface area contributed by atoms with Gasteiger partial charge >= 0.3 is 6.18 Å². The van der Waals surface area contributed by atoms with Gasteiger partial charge in [-0.1, -0.05) is 18.2 Å². The van der Waals surface area contributed by atoms with Gasteiger partial charge in [-0.15, -0.1) is 0 Å². The Bertz CT molecular complexity index is 426. The molecule has 0 aliphatic carbocycles. The van der Waals surface area contributed by atoms with Crippen LogP contribution in [0.25, 0.3) is 0 Å². The van der Waals surface area contributed by atoms with Gasteiger partial charge in [0, 0.05) is 0 Å². The van der Waals surface area contributed by atoms with Crippen LogP contribution in [-0.2, 0) is 6.18 Å². The third-order valence-electron chi connectivity index (χ3n) is 2.41. The summed E-state index contributed by atoms with van der Waals surface area (Å²) in [6.07, 6.45) is -4.35. The van der Waals surface area contributed by atoms with Crippen LogP contribution in [0.3, 0.4) is 0 Å². The summed E-state index contributed by atoms with van der Waals surface area (Å²) >= 11 is 0. The van der Waals surface area contributed by atoms with E-state index in [0.717, 1.165) is 6.07 Å². The summed E-state index contributed by atoms with van der Waals surface area (Å²) in [5.74, 6) is 0.182. The molecule has 86 valence electrons. The van der Waals surface area contributed by atoms with E-state index in [1.54, 1.807) is 6.07 Å². The lowest BCUT2D eigenvalue weighted by molar-refractivity contribution is -0.138. The van der Waals surface area contributed by atoms with Crippen LogP contribution in [0.15, 0.2) is 29.3 Å². The summed E-state index contributed by atoms with van der Waals surface area (Å²) in [5, 5.41) is 2.71. The highest BCUT2D eigenvalue weighted by atomic mass is 19.4. The summed E-state index contributed by atoms with van der Waals surface area (Å²) in [7, 11) is 0. The molecule has 1 atom stereocenters. The molecule has 3 N–H and O–H groups in total. The van der Waals surface area contributed by atoms with Crippen LogP contribution in [0.4, 0.5) is 13.2 Å². The number of alkyl halides is 3. The minimum atomic E-state index is -4.35. The van der Waals surface area contributed by atoms with Crippen molar-refractivity contribution in [2.75, 3.05) is 6.54 Å². The van der Waals surface area contributed by atoms with E-state index in [4.69, 9.17) is 5.73 Å². The van der Waals surface area contributed by atoms with E-state index in [1.807, 2.05) is 0 Å². The van der Waals surface area contributed by atoms with Crippen LogP contribution < -0.4 is 11.1 Å². The highest BCUT2D eigenvalue weighted by molar-refractivity contribution is 5.80. The normalized spacial score (nSPS) is 20.4. The molecule has 0 spiro atoms. The minimum Gasteiger partial charge on any atom is -0.370 e. The number of guanidine groups is 1. The topological polar surface area (TPSA) is 50.4 Å². The van der Waals surface area contributed by atoms with Crippen molar-refractivity contribution in [3.05, 3.63) is 35.4 Å². The number of hydrogen-bond donors (Lipinski definition) is 2.